The number of anilines is 1. The van der Waals surface area contributed by atoms with Crippen LogP contribution < -0.4 is 9.64 Å². The van der Waals surface area contributed by atoms with Crippen molar-refractivity contribution >= 4 is 16.8 Å². The van der Waals surface area contributed by atoms with Crippen molar-refractivity contribution in [3.8, 4) is 17.2 Å². The molecule has 3 aromatic rings. The van der Waals surface area contributed by atoms with Crippen molar-refractivity contribution in [1.29, 1.82) is 0 Å². The Balaban J connectivity index is 1.52. The molecule has 0 radical (unpaired) electrons. The molecule has 0 amide bonds. The number of benzene rings is 3. The number of halogens is 3. The molecule has 1 unspecified atom stereocenters. The number of rotatable bonds is 7. The number of hydrogen-bond acceptors (Lipinski definition) is 5. The predicted octanol–water partition coefficient (Wildman–Crippen LogP) is 7.26. The summed E-state index contributed by atoms with van der Waals surface area (Å²) in [5.74, 6) is 1.33. The predicted molar refractivity (Wildman–Crippen MR) is 152 cm³/mol. The Bertz CT molecular complexity index is 1390. The van der Waals surface area contributed by atoms with Crippen LogP contribution in [0.25, 0.3) is 11.1 Å². The number of ether oxygens (including phenoxy) is 1. The first-order valence-corrected chi connectivity index (χ1v) is 13.6. The first-order chi connectivity index (χ1) is 19.0. The molecule has 0 bridgehead atoms. The maximum atomic E-state index is 14.0. The van der Waals surface area contributed by atoms with Crippen molar-refractivity contribution in [1.82, 2.24) is 4.90 Å². The lowest BCUT2D eigenvalue weighted by molar-refractivity contribution is -0.120. The zero-order chi connectivity index (χ0) is 28.6. The Morgan fingerprint density at radius 2 is 1.73 bits per heavy atom. The third-order valence-corrected chi connectivity index (χ3v) is 7.96. The van der Waals surface area contributed by atoms with Gasteiger partial charge in [0.1, 0.15) is 30.4 Å². The molecule has 0 spiro atoms. The van der Waals surface area contributed by atoms with Crippen LogP contribution in [0.3, 0.4) is 0 Å². The lowest BCUT2D eigenvalue weighted by atomic mass is 9.81. The molecule has 40 heavy (non-hydrogen) atoms. The molecule has 1 fully saturated rings. The molecule has 212 valence electrons. The van der Waals surface area contributed by atoms with E-state index in [2.05, 4.69) is 18.7 Å². The van der Waals surface area contributed by atoms with Crippen molar-refractivity contribution in [2.75, 3.05) is 31.1 Å². The molecule has 3 atom stereocenters. The van der Waals surface area contributed by atoms with Crippen LogP contribution in [0.5, 0.6) is 17.2 Å². The number of alkyl halides is 3. The van der Waals surface area contributed by atoms with Crippen molar-refractivity contribution in [3.63, 3.8) is 0 Å². The van der Waals surface area contributed by atoms with Gasteiger partial charge in [-0.3, -0.25) is 4.90 Å². The number of fused-ring (bicyclic) bond motifs is 1. The first kappa shape index (κ1) is 27.9. The molecule has 5 nitrogen and oxygen atoms in total. The van der Waals surface area contributed by atoms with E-state index >= 15 is 0 Å². The van der Waals surface area contributed by atoms with Crippen LogP contribution in [0.2, 0.25) is 0 Å². The molecular weight excluding hydrogens is 517 g/mol. The standard InChI is InChI=1S/C32H35F3N2O3/c1-20-13-14-36(17-20)21(2)18-40-27-10-7-23(8-11-27)31-30(24-5-4-6-25(38)15-24)22(3)28-16-26(39)9-12-29(28)37(31)19-32(33,34)35/h4-12,15-16,20-21,31,38-39H,13-14,17-19H2,1-3H3/t20-,21+,31?/m1/s1. The van der Waals surface area contributed by atoms with Gasteiger partial charge in [-0.25, -0.2) is 0 Å². The molecule has 2 aliphatic rings. The third kappa shape index (κ3) is 5.92. The Hall–Kier alpha value is -3.65. The zero-order valence-corrected chi connectivity index (χ0v) is 22.9. The quantitative estimate of drug-likeness (QED) is 0.323. The fraction of sp³-hybridized carbons (Fsp3) is 0.375. The lowest BCUT2D eigenvalue weighted by Crippen LogP contribution is -2.40. The highest BCUT2D eigenvalue weighted by Crippen LogP contribution is 2.50. The topological polar surface area (TPSA) is 56.2 Å². The van der Waals surface area contributed by atoms with Gasteiger partial charge in [0.15, 0.2) is 0 Å². The van der Waals surface area contributed by atoms with Gasteiger partial charge >= 0.3 is 6.18 Å². The van der Waals surface area contributed by atoms with Crippen LogP contribution in [0.1, 0.15) is 49.9 Å². The van der Waals surface area contributed by atoms with Gasteiger partial charge in [-0.15, -0.1) is 0 Å². The zero-order valence-electron chi connectivity index (χ0n) is 22.9. The van der Waals surface area contributed by atoms with Gasteiger partial charge in [0, 0.05) is 23.8 Å². The molecule has 5 rings (SSSR count). The number of allylic oxidation sites excluding steroid dienone is 1. The molecule has 2 heterocycles. The fourth-order valence-electron chi connectivity index (χ4n) is 5.92. The summed E-state index contributed by atoms with van der Waals surface area (Å²) in [6.45, 7) is 7.70. The summed E-state index contributed by atoms with van der Waals surface area (Å²) in [6.07, 6.45) is -3.29. The summed E-state index contributed by atoms with van der Waals surface area (Å²) in [7, 11) is 0. The van der Waals surface area contributed by atoms with E-state index in [4.69, 9.17) is 4.74 Å². The van der Waals surface area contributed by atoms with Crippen LogP contribution >= 0.6 is 0 Å². The summed E-state index contributed by atoms with van der Waals surface area (Å²) >= 11 is 0. The van der Waals surface area contributed by atoms with Crippen molar-refractivity contribution in [2.24, 2.45) is 5.92 Å². The van der Waals surface area contributed by atoms with Crippen LogP contribution in [-0.4, -0.2) is 53.6 Å². The number of likely N-dealkylation sites (tertiary alicyclic amines) is 1. The summed E-state index contributed by atoms with van der Waals surface area (Å²) in [5.41, 5.74) is 3.53. The second-order valence-corrected chi connectivity index (χ2v) is 11.1. The number of nitrogens with zero attached hydrogens (tertiary/aromatic N) is 2. The van der Waals surface area contributed by atoms with Crippen molar-refractivity contribution in [2.45, 2.75) is 45.5 Å². The van der Waals surface area contributed by atoms with E-state index in [1.807, 2.05) is 31.2 Å². The van der Waals surface area contributed by atoms with E-state index < -0.39 is 18.8 Å². The number of phenols is 2. The van der Waals surface area contributed by atoms with E-state index in [1.165, 1.54) is 35.6 Å². The molecule has 1 saturated heterocycles. The second kappa shape index (κ2) is 11.1. The fourth-order valence-corrected chi connectivity index (χ4v) is 5.92. The monoisotopic (exact) mass is 552 g/mol. The Morgan fingerprint density at radius 3 is 2.38 bits per heavy atom. The van der Waals surface area contributed by atoms with Crippen LogP contribution in [0, 0.1) is 5.92 Å². The summed E-state index contributed by atoms with van der Waals surface area (Å²) in [6, 6.07) is 17.7. The van der Waals surface area contributed by atoms with Gasteiger partial charge in [-0.1, -0.05) is 31.2 Å². The highest BCUT2D eigenvalue weighted by molar-refractivity contribution is 6.00. The maximum Gasteiger partial charge on any atom is 0.405 e. The number of hydrogen-bond donors (Lipinski definition) is 2. The molecule has 0 aliphatic carbocycles. The molecule has 8 heteroatoms. The van der Waals surface area contributed by atoms with E-state index in [1.54, 1.807) is 18.2 Å². The SMILES string of the molecule is CC1=C(c2cccc(O)c2)C(c2ccc(OC[C@H](C)N3CC[C@@H](C)C3)cc2)N(CC(F)(F)F)c2ccc(O)cc21. The Kier molecular flexibility index (Phi) is 7.73. The normalized spacial score (nSPS) is 20.5. The number of aromatic hydroxyl groups is 2. The van der Waals surface area contributed by atoms with Crippen molar-refractivity contribution in [3.05, 3.63) is 83.4 Å². The van der Waals surface area contributed by atoms with Gasteiger partial charge in [0.05, 0.1) is 6.04 Å². The van der Waals surface area contributed by atoms with E-state index in [9.17, 15) is 23.4 Å². The van der Waals surface area contributed by atoms with Gasteiger partial charge in [-0.05, 0) is 97.5 Å². The molecule has 0 aromatic heterocycles. The molecular formula is C32H35F3N2O3. The van der Waals surface area contributed by atoms with E-state index in [0.29, 0.717) is 46.2 Å². The van der Waals surface area contributed by atoms with Gasteiger partial charge in [0.2, 0.25) is 0 Å². The second-order valence-electron chi connectivity index (χ2n) is 11.1. The molecule has 0 saturated carbocycles. The van der Waals surface area contributed by atoms with Gasteiger partial charge in [0.25, 0.3) is 0 Å². The Morgan fingerprint density at radius 1 is 1.00 bits per heavy atom. The summed E-state index contributed by atoms with van der Waals surface area (Å²) in [4.78, 5) is 3.74. The average molecular weight is 553 g/mol. The molecule has 2 N–H and O–H groups in total. The van der Waals surface area contributed by atoms with Crippen LogP contribution in [0.15, 0.2) is 66.7 Å². The van der Waals surface area contributed by atoms with Gasteiger partial charge < -0.3 is 19.8 Å². The molecule has 2 aliphatic heterocycles. The largest absolute Gasteiger partial charge is 0.508 e. The highest BCUT2D eigenvalue weighted by atomic mass is 19.4. The minimum absolute atomic E-state index is 0.0193. The smallest absolute Gasteiger partial charge is 0.405 e. The maximum absolute atomic E-state index is 14.0. The summed E-state index contributed by atoms with van der Waals surface area (Å²) in [5, 5.41) is 20.4. The van der Waals surface area contributed by atoms with E-state index in [0.717, 1.165) is 18.7 Å². The summed E-state index contributed by atoms with van der Waals surface area (Å²) < 4.78 is 48.1. The third-order valence-electron chi connectivity index (χ3n) is 7.96. The van der Waals surface area contributed by atoms with E-state index in [-0.39, 0.29) is 17.5 Å². The average Bonchev–Trinajstić information content (AvgIpc) is 3.34. The minimum Gasteiger partial charge on any atom is -0.508 e. The van der Waals surface area contributed by atoms with Gasteiger partial charge in [-0.2, -0.15) is 13.2 Å². The highest BCUT2D eigenvalue weighted by Gasteiger charge is 2.40. The number of phenolic OH excluding ortho intramolecular Hbond substituents is 2. The van der Waals surface area contributed by atoms with Crippen LogP contribution in [0.4, 0.5) is 18.9 Å². The first-order valence-electron chi connectivity index (χ1n) is 13.6. The lowest BCUT2D eigenvalue weighted by Gasteiger charge is -2.42. The minimum atomic E-state index is -4.48. The molecule has 3 aromatic carbocycles. The van der Waals surface area contributed by atoms with Crippen LogP contribution in [-0.2, 0) is 0 Å². The van der Waals surface area contributed by atoms with Crippen molar-refractivity contribution < 1.29 is 28.1 Å². The Labute approximate surface area is 233 Å².